The summed E-state index contributed by atoms with van der Waals surface area (Å²) >= 11 is 4.62. The quantitative estimate of drug-likeness (QED) is 0.599. The summed E-state index contributed by atoms with van der Waals surface area (Å²) in [4.78, 5) is 0. The highest BCUT2D eigenvalue weighted by Gasteiger charge is 2.25. The van der Waals surface area contributed by atoms with Crippen molar-refractivity contribution < 1.29 is 4.55 Å². The van der Waals surface area contributed by atoms with Crippen LogP contribution in [0.15, 0.2) is 27.3 Å². The maximum atomic E-state index is 11.6. The second kappa shape index (κ2) is 5.05. The van der Waals surface area contributed by atoms with Crippen molar-refractivity contribution in [1.82, 2.24) is 5.32 Å². The van der Waals surface area contributed by atoms with Gasteiger partial charge in [0.2, 0.25) is 0 Å². The van der Waals surface area contributed by atoms with Gasteiger partial charge < -0.3 is 9.87 Å². The van der Waals surface area contributed by atoms with Gasteiger partial charge in [0.05, 0.1) is 12.8 Å². The van der Waals surface area contributed by atoms with Crippen molar-refractivity contribution in [2.75, 3.05) is 6.54 Å². The van der Waals surface area contributed by atoms with Crippen molar-refractivity contribution in [3.05, 3.63) is 22.9 Å². The van der Waals surface area contributed by atoms with Crippen LogP contribution in [0.4, 0.5) is 0 Å². The smallest absolute Gasteiger partial charge is 0.144 e. The van der Waals surface area contributed by atoms with Gasteiger partial charge in [-0.25, -0.2) is 0 Å². The van der Waals surface area contributed by atoms with E-state index in [0.717, 1.165) is 10.6 Å². The molecule has 0 fully saturated rings. The molecule has 5 heteroatoms. The first-order chi connectivity index (χ1) is 6.89. The molecule has 0 aromatic rings. The largest absolute Gasteiger partial charge is 0.591 e. The van der Waals surface area contributed by atoms with Gasteiger partial charge in [-0.15, -0.1) is 0 Å². The molecule has 0 saturated heterocycles. The molecule has 0 aromatic carbocycles. The van der Waals surface area contributed by atoms with E-state index in [9.17, 15) is 4.55 Å². The van der Waals surface area contributed by atoms with Crippen LogP contribution < -0.4 is 5.32 Å². The summed E-state index contributed by atoms with van der Waals surface area (Å²) < 4.78 is 15.3. The molecule has 0 radical (unpaired) electrons. The zero-order valence-corrected chi connectivity index (χ0v) is 10.7. The van der Waals surface area contributed by atoms with Gasteiger partial charge in [0.1, 0.15) is 16.1 Å². The molecule has 84 valence electrons. The lowest BCUT2D eigenvalue weighted by Gasteiger charge is -2.18. The zero-order chi connectivity index (χ0) is 11.5. The molecular formula is C10H15ClN2OS. The summed E-state index contributed by atoms with van der Waals surface area (Å²) in [5, 5.41) is 3.72. The summed E-state index contributed by atoms with van der Waals surface area (Å²) in [7, 11) is 0. The minimum Gasteiger partial charge on any atom is -0.591 e. The molecule has 15 heavy (non-hydrogen) atoms. The number of allylic oxidation sites excluding steroid dienone is 2. The Hall–Kier alpha value is -0.450. The fourth-order valence-corrected chi connectivity index (χ4v) is 1.62. The second-order valence-corrected chi connectivity index (χ2v) is 6.63. The average Bonchev–Trinajstić information content (AvgIpc) is 2.12. The third-order valence-electron chi connectivity index (χ3n) is 1.68. The number of hydrogen-bond donors (Lipinski definition) is 1. The van der Waals surface area contributed by atoms with E-state index in [-0.39, 0.29) is 4.75 Å². The lowest BCUT2D eigenvalue weighted by molar-refractivity contribution is 0.562. The molecule has 1 aliphatic rings. The molecule has 1 rings (SSSR count). The predicted octanol–water partition coefficient (Wildman–Crippen LogP) is 2.13. The molecule has 0 amide bonds. The first kappa shape index (κ1) is 12.6. The predicted molar refractivity (Wildman–Crippen MR) is 66.4 cm³/mol. The minimum absolute atomic E-state index is 0.327. The van der Waals surface area contributed by atoms with E-state index in [2.05, 4.69) is 9.71 Å². The molecule has 1 aliphatic heterocycles. The monoisotopic (exact) mass is 246 g/mol. The molecule has 0 saturated carbocycles. The van der Waals surface area contributed by atoms with Gasteiger partial charge >= 0.3 is 0 Å². The Morgan fingerprint density at radius 1 is 1.60 bits per heavy atom. The number of rotatable bonds is 2. The topological polar surface area (TPSA) is 47.5 Å². The summed E-state index contributed by atoms with van der Waals surface area (Å²) in [5.74, 6) is 0. The molecule has 3 nitrogen and oxygen atoms in total. The Kier molecular flexibility index (Phi) is 4.25. The maximum absolute atomic E-state index is 11.6. The summed E-state index contributed by atoms with van der Waals surface area (Å²) in [5.41, 5.74) is 0.837. The van der Waals surface area contributed by atoms with Gasteiger partial charge in [-0.05, 0) is 26.8 Å². The zero-order valence-electron chi connectivity index (χ0n) is 9.08. The van der Waals surface area contributed by atoms with Crippen molar-refractivity contribution in [3.8, 4) is 0 Å². The number of halogens is 1. The molecule has 1 unspecified atom stereocenters. The number of hydrogen-bond acceptors (Lipinski definition) is 3. The van der Waals surface area contributed by atoms with E-state index in [1.165, 1.54) is 0 Å². The number of dihydropyridines is 1. The van der Waals surface area contributed by atoms with Gasteiger partial charge in [-0.3, -0.25) is 0 Å². The van der Waals surface area contributed by atoms with Crippen LogP contribution in [-0.2, 0) is 11.4 Å². The summed E-state index contributed by atoms with van der Waals surface area (Å²) in [6.07, 6.45) is 5.19. The Morgan fingerprint density at radius 3 is 2.80 bits per heavy atom. The van der Waals surface area contributed by atoms with E-state index in [0.29, 0.717) is 6.54 Å². The van der Waals surface area contributed by atoms with Gasteiger partial charge in [0.15, 0.2) is 0 Å². The van der Waals surface area contributed by atoms with Crippen LogP contribution in [0.25, 0.3) is 0 Å². The van der Waals surface area contributed by atoms with Crippen LogP contribution >= 0.6 is 11.6 Å². The van der Waals surface area contributed by atoms with Crippen LogP contribution in [0.1, 0.15) is 20.8 Å². The minimum atomic E-state index is -1.22. The van der Waals surface area contributed by atoms with Crippen LogP contribution in [-0.4, -0.2) is 22.1 Å². The molecule has 0 aromatic heterocycles. The first-order valence-electron chi connectivity index (χ1n) is 4.65. The van der Waals surface area contributed by atoms with Crippen molar-refractivity contribution in [2.45, 2.75) is 25.5 Å². The Labute approximate surface area is 98.6 Å². The third-order valence-corrected chi connectivity index (χ3v) is 3.27. The van der Waals surface area contributed by atoms with Crippen LogP contribution in [0.5, 0.6) is 0 Å². The third kappa shape index (κ3) is 4.28. The van der Waals surface area contributed by atoms with E-state index >= 15 is 0 Å². The molecular weight excluding hydrogens is 232 g/mol. The number of nitrogens with zero attached hydrogens (tertiary/aromatic N) is 1. The molecule has 1 atom stereocenters. The van der Waals surface area contributed by atoms with E-state index in [1.807, 2.05) is 20.8 Å². The molecule has 1 N–H and O–H groups in total. The normalized spacial score (nSPS) is 19.5. The highest BCUT2D eigenvalue weighted by atomic mass is 35.5. The Morgan fingerprint density at radius 2 is 2.27 bits per heavy atom. The lowest BCUT2D eigenvalue weighted by atomic mass is 10.2. The maximum Gasteiger partial charge on any atom is 0.144 e. The summed E-state index contributed by atoms with van der Waals surface area (Å²) in [6, 6.07) is 0. The first-order valence-corrected chi connectivity index (χ1v) is 6.14. The van der Waals surface area contributed by atoms with Gasteiger partial charge in [-0.1, -0.05) is 16.0 Å². The van der Waals surface area contributed by atoms with Gasteiger partial charge in [-0.2, -0.15) is 0 Å². The Bertz CT molecular complexity index is 318. The summed E-state index contributed by atoms with van der Waals surface area (Å²) in [6.45, 7) is 6.30. The SMILES string of the molecule is CC(C)(C)[S+]([O-])/N=C/C1=CNCC(Cl)=C1. The molecule has 0 bridgehead atoms. The average molecular weight is 247 g/mol. The fourth-order valence-electron chi connectivity index (χ4n) is 0.881. The van der Waals surface area contributed by atoms with Crippen LogP contribution in [0.2, 0.25) is 0 Å². The molecule has 0 spiro atoms. The van der Waals surface area contributed by atoms with Crippen molar-refractivity contribution in [1.29, 1.82) is 0 Å². The Balaban J connectivity index is 2.63. The van der Waals surface area contributed by atoms with E-state index in [1.54, 1.807) is 18.5 Å². The van der Waals surface area contributed by atoms with Gasteiger partial charge in [0.25, 0.3) is 0 Å². The van der Waals surface area contributed by atoms with Crippen LogP contribution in [0, 0.1) is 0 Å². The van der Waals surface area contributed by atoms with Crippen LogP contribution in [0.3, 0.4) is 0 Å². The number of nitrogens with one attached hydrogen (secondary N) is 1. The molecule has 0 aliphatic carbocycles. The van der Waals surface area contributed by atoms with E-state index in [4.69, 9.17) is 11.6 Å². The molecule has 1 heterocycles. The second-order valence-electron chi connectivity index (χ2n) is 4.21. The highest BCUT2D eigenvalue weighted by molar-refractivity contribution is 7.91. The van der Waals surface area contributed by atoms with Crippen molar-refractivity contribution in [2.24, 2.45) is 4.40 Å². The van der Waals surface area contributed by atoms with E-state index < -0.39 is 11.4 Å². The highest BCUT2D eigenvalue weighted by Crippen LogP contribution is 2.17. The lowest BCUT2D eigenvalue weighted by Crippen LogP contribution is -2.26. The standard InChI is InChI=1S/C10H15ClN2OS/c1-10(2,3)15(14)13-6-8-4-9(11)7-12-5-8/h4-6,12H,7H2,1-3H3/b13-6+. The van der Waals surface area contributed by atoms with Crippen molar-refractivity contribution >= 4 is 29.2 Å². The fraction of sp³-hybridized carbons (Fsp3) is 0.500. The van der Waals surface area contributed by atoms with Gasteiger partial charge in [0, 0.05) is 16.8 Å². The van der Waals surface area contributed by atoms with Crippen molar-refractivity contribution in [3.63, 3.8) is 0 Å².